The number of ether oxygens (including phenoxy) is 1. The fourth-order valence-corrected chi connectivity index (χ4v) is 3.72. The number of rotatable bonds is 2. The van der Waals surface area contributed by atoms with Gasteiger partial charge in [-0.15, -0.1) is 0 Å². The van der Waals surface area contributed by atoms with E-state index in [0.717, 1.165) is 27.5 Å². The molecule has 0 amide bonds. The van der Waals surface area contributed by atoms with E-state index in [1.807, 2.05) is 55.5 Å². The number of methoxy groups -OCH3 is 1. The summed E-state index contributed by atoms with van der Waals surface area (Å²) in [5.41, 5.74) is 2.80. The fraction of sp³-hybridized carbons (Fsp3) is 0.125. The van der Waals surface area contributed by atoms with Crippen molar-refractivity contribution < 1.29 is 8.95 Å². The monoisotopic (exact) mass is 285 g/mol. The van der Waals surface area contributed by atoms with E-state index in [2.05, 4.69) is 4.36 Å². The molecular weight excluding hydrogens is 270 g/mol. The van der Waals surface area contributed by atoms with Crippen LogP contribution in [0.25, 0.3) is 6.08 Å². The van der Waals surface area contributed by atoms with E-state index in [-0.39, 0.29) is 0 Å². The Morgan fingerprint density at radius 1 is 1.10 bits per heavy atom. The number of hydrogen-bond donors (Lipinski definition) is 0. The van der Waals surface area contributed by atoms with Crippen molar-refractivity contribution in [2.75, 3.05) is 7.11 Å². The molecule has 0 aromatic heterocycles. The molecule has 0 N–H and O–H groups in total. The molecular formula is C16H15NO2S. The van der Waals surface area contributed by atoms with Gasteiger partial charge >= 0.3 is 0 Å². The molecule has 1 atom stereocenters. The van der Waals surface area contributed by atoms with E-state index in [9.17, 15) is 4.21 Å². The van der Waals surface area contributed by atoms with Crippen molar-refractivity contribution >= 4 is 21.5 Å². The van der Waals surface area contributed by atoms with Gasteiger partial charge in [0.1, 0.15) is 15.5 Å². The molecule has 0 spiro atoms. The average Bonchev–Trinajstić information content (AvgIpc) is 2.47. The molecule has 0 saturated carbocycles. The van der Waals surface area contributed by atoms with Crippen molar-refractivity contribution in [3.8, 4) is 5.75 Å². The lowest BCUT2D eigenvalue weighted by atomic mass is 10.2. The van der Waals surface area contributed by atoms with Gasteiger partial charge in [-0.3, -0.25) is 0 Å². The fourth-order valence-electron chi connectivity index (χ4n) is 2.08. The molecule has 3 rings (SSSR count). The normalized spacial score (nSPS) is 20.1. The molecule has 20 heavy (non-hydrogen) atoms. The quantitative estimate of drug-likeness (QED) is 0.831. The van der Waals surface area contributed by atoms with Crippen LogP contribution >= 0.6 is 0 Å². The van der Waals surface area contributed by atoms with E-state index >= 15 is 0 Å². The zero-order valence-electron chi connectivity index (χ0n) is 11.4. The summed E-state index contributed by atoms with van der Waals surface area (Å²) in [6.07, 6.45) is 1.85. The number of fused-ring (bicyclic) bond motifs is 1. The number of nitrogens with zero attached hydrogens (tertiary/aromatic N) is 1. The molecule has 2 aromatic rings. The van der Waals surface area contributed by atoms with Crippen LogP contribution < -0.4 is 4.74 Å². The second-order valence-electron chi connectivity index (χ2n) is 4.70. The lowest BCUT2D eigenvalue weighted by molar-refractivity contribution is 0.415. The minimum absolute atomic E-state index is 0.735. The third-order valence-electron chi connectivity index (χ3n) is 3.26. The van der Waals surface area contributed by atoms with Crippen LogP contribution in [-0.4, -0.2) is 11.3 Å². The van der Waals surface area contributed by atoms with Gasteiger partial charge in [-0.2, -0.15) is 4.36 Å². The minimum atomic E-state index is -2.52. The zero-order chi connectivity index (χ0) is 14.2. The summed E-state index contributed by atoms with van der Waals surface area (Å²) in [6.45, 7) is 2.01. The van der Waals surface area contributed by atoms with E-state index in [1.54, 1.807) is 12.5 Å². The Labute approximate surface area is 119 Å². The van der Waals surface area contributed by atoms with Gasteiger partial charge in [0.2, 0.25) is 0 Å². The number of benzene rings is 2. The lowest BCUT2D eigenvalue weighted by Gasteiger charge is -2.13. The Balaban J connectivity index is 2.12. The van der Waals surface area contributed by atoms with E-state index in [1.165, 1.54) is 0 Å². The van der Waals surface area contributed by atoms with E-state index in [0.29, 0.717) is 0 Å². The molecule has 102 valence electrons. The molecule has 1 heterocycles. The second kappa shape index (κ2) is 4.80. The SMILES string of the molecule is COc1ccc2c(c1)C=CS(=O)(c1ccc(C)cc1)=N2. The Morgan fingerprint density at radius 3 is 2.55 bits per heavy atom. The number of hydrogen-bond acceptors (Lipinski definition) is 3. The molecule has 3 nitrogen and oxygen atoms in total. The summed E-state index contributed by atoms with van der Waals surface area (Å²) in [7, 11) is -0.889. The smallest absolute Gasteiger partial charge is 0.119 e. The molecule has 0 bridgehead atoms. The maximum atomic E-state index is 13.0. The third-order valence-corrected chi connectivity index (χ3v) is 5.18. The maximum absolute atomic E-state index is 13.0. The van der Waals surface area contributed by atoms with Crippen LogP contribution in [0.2, 0.25) is 0 Å². The molecule has 2 aromatic carbocycles. The molecule has 1 unspecified atom stereocenters. The topological polar surface area (TPSA) is 38.7 Å². The number of aryl methyl sites for hydroxylation is 1. The van der Waals surface area contributed by atoms with Crippen LogP contribution in [0.3, 0.4) is 0 Å². The van der Waals surface area contributed by atoms with Crippen molar-refractivity contribution in [1.82, 2.24) is 0 Å². The molecule has 0 fully saturated rings. The summed E-state index contributed by atoms with van der Waals surface area (Å²) in [5.74, 6) is 0.771. The third kappa shape index (κ3) is 2.23. The van der Waals surface area contributed by atoms with Gasteiger partial charge in [-0.25, -0.2) is 4.21 Å². The average molecular weight is 285 g/mol. The molecule has 0 radical (unpaired) electrons. The predicted octanol–water partition coefficient (Wildman–Crippen LogP) is 4.15. The summed E-state index contributed by atoms with van der Waals surface area (Å²) >= 11 is 0. The zero-order valence-corrected chi connectivity index (χ0v) is 12.2. The van der Waals surface area contributed by atoms with Crippen molar-refractivity contribution in [3.05, 3.63) is 59.0 Å². The highest BCUT2D eigenvalue weighted by atomic mass is 32.2. The lowest BCUT2D eigenvalue weighted by Crippen LogP contribution is -1.99. The van der Waals surface area contributed by atoms with Crippen LogP contribution in [0, 0.1) is 6.92 Å². The largest absolute Gasteiger partial charge is 0.497 e. The first kappa shape index (κ1) is 12.9. The van der Waals surface area contributed by atoms with E-state index < -0.39 is 9.73 Å². The predicted molar refractivity (Wildman–Crippen MR) is 81.7 cm³/mol. The van der Waals surface area contributed by atoms with Gasteiger partial charge in [0, 0.05) is 11.0 Å². The first-order chi connectivity index (χ1) is 9.60. The minimum Gasteiger partial charge on any atom is -0.497 e. The van der Waals surface area contributed by atoms with Gasteiger partial charge in [0.05, 0.1) is 17.7 Å². The van der Waals surface area contributed by atoms with Crippen LogP contribution in [0.15, 0.2) is 57.1 Å². The van der Waals surface area contributed by atoms with Gasteiger partial charge in [0.25, 0.3) is 0 Å². The summed E-state index contributed by atoms with van der Waals surface area (Å²) < 4.78 is 22.6. The van der Waals surface area contributed by atoms with Crippen molar-refractivity contribution in [2.24, 2.45) is 4.36 Å². The van der Waals surface area contributed by atoms with Gasteiger partial charge in [0.15, 0.2) is 0 Å². The van der Waals surface area contributed by atoms with Gasteiger partial charge in [-0.05, 0) is 43.3 Å². The Kier molecular flexibility index (Phi) is 3.10. The molecule has 0 aliphatic carbocycles. The second-order valence-corrected chi connectivity index (χ2v) is 6.76. The molecule has 0 saturated heterocycles. The Morgan fingerprint density at radius 2 is 1.85 bits per heavy atom. The Hall–Kier alpha value is -2.07. The Bertz CT molecular complexity index is 798. The van der Waals surface area contributed by atoms with Gasteiger partial charge < -0.3 is 4.74 Å². The molecule has 1 aliphatic heterocycles. The highest BCUT2D eigenvalue weighted by Gasteiger charge is 2.15. The highest BCUT2D eigenvalue weighted by molar-refractivity contribution is 7.96. The van der Waals surface area contributed by atoms with Crippen LogP contribution in [0.5, 0.6) is 5.75 Å². The maximum Gasteiger partial charge on any atom is 0.119 e. The van der Waals surface area contributed by atoms with Crippen LogP contribution in [-0.2, 0) is 9.73 Å². The van der Waals surface area contributed by atoms with E-state index in [4.69, 9.17) is 4.74 Å². The molecule has 4 heteroatoms. The standard InChI is InChI=1S/C16H15NO2S/c1-12-3-6-15(7-4-12)20(18)10-9-13-11-14(19-2)5-8-16(13)17-20/h3-11H,1-2H3. The van der Waals surface area contributed by atoms with Crippen molar-refractivity contribution in [1.29, 1.82) is 0 Å². The first-order valence-corrected chi connectivity index (χ1v) is 7.88. The van der Waals surface area contributed by atoms with Crippen molar-refractivity contribution in [3.63, 3.8) is 0 Å². The summed E-state index contributed by atoms with van der Waals surface area (Å²) in [6, 6.07) is 13.2. The van der Waals surface area contributed by atoms with Crippen LogP contribution in [0.1, 0.15) is 11.1 Å². The van der Waals surface area contributed by atoms with Crippen molar-refractivity contribution in [2.45, 2.75) is 11.8 Å². The summed E-state index contributed by atoms with van der Waals surface area (Å²) in [4.78, 5) is 0.737. The first-order valence-electron chi connectivity index (χ1n) is 6.31. The van der Waals surface area contributed by atoms with Crippen LogP contribution in [0.4, 0.5) is 5.69 Å². The summed E-state index contributed by atoms with van der Waals surface area (Å²) in [5, 5.41) is 1.68. The van der Waals surface area contributed by atoms with Gasteiger partial charge in [-0.1, -0.05) is 17.7 Å². The molecule has 1 aliphatic rings. The highest BCUT2D eigenvalue weighted by Crippen LogP contribution is 2.33.